The number of fused-ring (bicyclic) bond motifs is 1. The fraction of sp³-hybridized carbons (Fsp3) is 0.188. The first-order valence-electron chi connectivity index (χ1n) is 13.1. The van der Waals surface area contributed by atoms with Crippen LogP contribution in [0.5, 0.6) is 11.5 Å². The van der Waals surface area contributed by atoms with Gasteiger partial charge < -0.3 is 9.47 Å². The Labute approximate surface area is 237 Å². The minimum atomic E-state index is -1.00. The molecule has 202 valence electrons. The summed E-state index contributed by atoms with van der Waals surface area (Å²) in [5.41, 5.74) is 2.87. The number of rotatable bonds is 8. The Morgan fingerprint density at radius 2 is 1.50 bits per heavy atom. The standard InChI is InChI=1S/C32H27ClN2O5/c1-2-38-27-19-22(17-18-26(27)39-20-21-11-5-3-6-12-21)29-28-30(40-35(29)23-13-7-4-8-14-23)32(37)34(31(28)36)25-16-10-9-15-24(25)33/h3-19,28-30H,2,20H2,1H3/t28-,29-,30-/m0/s1. The van der Waals surface area contributed by atoms with Crippen molar-refractivity contribution in [3.05, 3.63) is 119 Å². The number of imide groups is 1. The van der Waals surface area contributed by atoms with Gasteiger partial charge in [0.15, 0.2) is 17.6 Å². The summed E-state index contributed by atoms with van der Waals surface area (Å²) >= 11 is 6.39. The first kappa shape index (κ1) is 25.9. The third-order valence-corrected chi connectivity index (χ3v) is 7.39. The molecule has 0 saturated carbocycles. The number of hydrogen-bond acceptors (Lipinski definition) is 6. The molecule has 0 N–H and O–H groups in total. The first-order valence-corrected chi connectivity index (χ1v) is 13.5. The molecule has 0 spiro atoms. The van der Waals surface area contributed by atoms with Crippen LogP contribution in [0.3, 0.4) is 0 Å². The zero-order valence-electron chi connectivity index (χ0n) is 21.8. The second-order valence-corrected chi connectivity index (χ2v) is 9.94. The van der Waals surface area contributed by atoms with Crippen LogP contribution in [0.15, 0.2) is 103 Å². The molecular formula is C32H27ClN2O5. The Balaban J connectivity index is 1.38. The van der Waals surface area contributed by atoms with Crippen molar-refractivity contribution in [2.24, 2.45) is 5.92 Å². The number of halogens is 1. The SMILES string of the molecule is CCOc1cc([C@H]2[C@@H]3C(=O)N(c4ccccc4Cl)C(=O)[C@H]3ON2c2ccccc2)ccc1OCc1ccccc1. The summed E-state index contributed by atoms with van der Waals surface area (Å²) in [6.07, 6.45) is -1.00. The van der Waals surface area contributed by atoms with E-state index in [4.69, 9.17) is 25.9 Å². The number of nitrogens with zero attached hydrogens (tertiary/aromatic N) is 2. The third-order valence-electron chi connectivity index (χ3n) is 7.07. The van der Waals surface area contributed by atoms with E-state index in [1.165, 1.54) is 0 Å². The molecule has 3 atom stereocenters. The number of carbonyl (C=O) groups excluding carboxylic acids is 2. The lowest BCUT2D eigenvalue weighted by Crippen LogP contribution is -2.37. The number of ether oxygens (including phenoxy) is 2. The summed E-state index contributed by atoms with van der Waals surface area (Å²) < 4.78 is 12.1. The number of carbonyl (C=O) groups is 2. The van der Waals surface area contributed by atoms with Crippen LogP contribution in [0.4, 0.5) is 11.4 Å². The lowest BCUT2D eigenvalue weighted by atomic mass is 9.90. The van der Waals surface area contributed by atoms with Crippen molar-refractivity contribution in [2.75, 3.05) is 16.6 Å². The molecule has 7 nitrogen and oxygen atoms in total. The average Bonchev–Trinajstić information content (AvgIpc) is 3.49. The van der Waals surface area contributed by atoms with Crippen LogP contribution in [0, 0.1) is 5.92 Å². The summed E-state index contributed by atoms with van der Waals surface area (Å²) in [6, 6.07) is 31.1. The van der Waals surface area contributed by atoms with Crippen LogP contribution in [0.25, 0.3) is 0 Å². The summed E-state index contributed by atoms with van der Waals surface area (Å²) in [5, 5.41) is 1.98. The predicted octanol–water partition coefficient (Wildman–Crippen LogP) is 6.37. The molecule has 2 aliphatic heterocycles. The molecule has 2 saturated heterocycles. The minimum absolute atomic E-state index is 0.319. The van der Waals surface area contributed by atoms with Crippen molar-refractivity contribution in [1.29, 1.82) is 0 Å². The van der Waals surface area contributed by atoms with Crippen molar-refractivity contribution >= 4 is 34.8 Å². The molecule has 4 aromatic carbocycles. The zero-order valence-corrected chi connectivity index (χ0v) is 22.5. The topological polar surface area (TPSA) is 68.3 Å². The molecule has 0 aliphatic carbocycles. The van der Waals surface area contributed by atoms with E-state index in [1.54, 1.807) is 29.3 Å². The molecule has 2 amide bonds. The van der Waals surface area contributed by atoms with Gasteiger partial charge in [0.2, 0.25) is 5.91 Å². The fourth-order valence-electron chi connectivity index (χ4n) is 5.25. The van der Waals surface area contributed by atoms with E-state index < -0.39 is 24.0 Å². The largest absolute Gasteiger partial charge is 0.490 e. The Kier molecular flexibility index (Phi) is 7.15. The van der Waals surface area contributed by atoms with E-state index >= 15 is 0 Å². The van der Waals surface area contributed by atoms with Crippen molar-refractivity contribution in [3.63, 3.8) is 0 Å². The maximum Gasteiger partial charge on any atom is 0.266 e. The van der Waals surface area contributed by atoms with Gasteiger partial charge in [-0.15, -0.1) is 0 Å². The highest BCUT2D eigenvalue weighted by molar-refractivity contribution is 6.36. The van der Waals surface area contributed by atoms with E-state index in [1.807, 2.05) is 85.8 Å². The molecule has 0 unspecified atom stereocenters. The smallest absolute Gasteiger partial charge is 0.266 e. The monoisotopic (exact) mass is 554 g/mol. The van der Waals surface area contributed by atoms with E-state index in [0.29, 0.717) is 35.4 Å². The van der Waals surface area contributed by atoms with E-state index in [-0.39, 0.29) is 5.91 Å². The molecule has 40 heavy (non-hydrogen) atoms. The van der Waals surface area contributed by atoms with Crippen LogP contribution in [0.2, 0.25) is 5.02 Å². The lowest BCUT2D eigenvalue weighted by molar-refractivity contribution is -0.126. The van der Waals surface area contributed by atoms with Crippen LogP contribution >= 0.6 is 11.6 Å². The van der Waals surface area contributed by atoms with Crippen molar-refractivity contribution < 1.29 is 23.9 Å². The van der Waals surface area contributed by atoms with Gasteiger partial charge >= 0.3 is 0 Å². The van der Waals surface area contributed by atoms with Crippen LogP contribution in [-0.2, 0) is 21.0 Å². The normalized spacial score (nSPS) is 20.1. The number of hydrogen-bond donors (Lipinski definition) is 0. The van der Waals surface area contributed by atoms with Gasteiger partial charge in [-0.3, -0.25) is 14.4 Å². The lowest BCUT2D eigenvalue weighted by Gasteiger charge is -2.29. The summed E-state index contributed by atoms with van der Waals surface area (Å²) in [7, 11) is 0. The van der Waals surface area contributed by atoms with Gasteiger partial charge in [-0.2, -0.15) is 0 Å². The Morgan fingerprint density at radius 1 is 0.800 bits per heavy atom. The molecule has 0 radical (unpaired) electrons. The highest BCUT2D eigenvalue weighted by Crippen LogP contribution is 2.49. The summed E-state index contributed by atoms with van der Waals surface area (Å²) in [4.78, 5) is 34.9. The molecule has 2 fully saturated rings. The minimum Gasteiger partial charge on any atom is -0.490 e. The highest BCUT2D eigenvalue weighted by atomic mass is 35.5. The van der Waals surface area contributed by atoms with Crippen molar-refractivity contribution in [3.8, 4) is 11.5 Å². The summed E-state index contributed by atoms with van der Waals surface area (Å²) in [5.74, 6) is -0.474. The number of para-hydroxylation sites is 2. The number of amides is 2. The average molecular weight is 555 g/mol. The fourth-order valence-corrected chi connectivity index (χ4v) is 5.47. The van der Waals surface area contributed by atoms with Gasteiger partial charge in [0.1, 0.15) is 12.5 Å². The van der Waals surface area contributed by atoms with Crippen molar-refractivity contribution in [1.82, 2.24) is 0 Å². The maximum atomic E-state index is 13.9. The predicted molar refractivity (Wildman–Crippen MR) is 152 cm³/mol. The molecule has 4 aromatic rings. The second kappa shape index (κ2) is 11.0. The molecule has 8 heteroatoms. The summed E-state index contributed by atoms with van der Waals surface area (Å²) in [6.45, 7) is 2.71. The van der Waals surface area contributed by atoms with Gasteiger partial charge in [-0.1, -0.05) is 78.3 Å². The zero-order chi connectivity index (χ0) is 27.6. The molecule has 6 rings (SSSR count). The molecular weight excluding hydrogens is 528 g/mol. The third kappa shape index (κ3) is 4.68. The second-order valence-electron chi connectivity index (χ2n) is 9.53. The van der Waals surface area contributed by atoms with Gasteiger partial charge in [-0.05, 0) is 54.4 Å². The van der Waals surface area contributed by atoms with E-state index in [2.05, 4.69) is 0 Å². The van der Waals surface area contributed by atoms with E-state index in [0.717, 1.165) is 21.7 Å². The van der Waals surface area contributed by atoms with Gasteiger partial charge in [-0.25, -0.2) is 9.96 Å². The molecule has 0 bridgehead atoms. The Hall–Kier alpha value is -4.33. The Morgan fingerprint density at radius 3 is 2.23 bits per heavy atom. The molecule has 2 heterocycles. The molecule has 0 aromatic heterocycles. The van der Waals surface area contributed by atoms with Crippen molar-refractivity contribution in [2.45, 2.75) is 25.7 Å². The highest BCUT2D eigenvalue weighted by Gasteiger charge is 2.60. The first-order chi connectivity index (χ1) is 19.6. The van der Waals surface area contributed by atoms with Crippen LogP contribution in [-0.4, -0.2) is 24.5 Å². The van der Waals surface area contributed by atoms with Gasteiger partial charge in [0.05, 0.1) is 29.0 Å². The maximum absolute atomic E-state index is 13.9. The number of hydroxylamine groups is 1. The number of anilines is 2. The molecule has 2 aliphatic rings. The van der Waals surface area contributed by atoms with Gasteiger partial charge in [0, 0.05) is 0 Å². The van der Waals surface area contributed by atoms with Crippen LogP contribution in [0.1, 0.15) is 24.1 Å². The quantitative estimate of drug-likeness (QED) is 0.236. The Bertz CT molecular complexity index is 1530. The van der Waals surface area contributed by atoms with E-state index in [9.17, 15) is 9.59 Å². The van der Waals surface area contributed by atoms with Crippen LogP contribution < -0.4 is 19.4 Å². The van der Waals surface area contributed by atoms with Gasteiger partial charge in [0.25, 0.3) is 5.91 Å². The number of benzene rings is 4.